The molecule has 0 aromatic heterocycles. The highest BCUT2D eigenvalue weighted by molar-refractivity contribution is 5.86. The van der Waals surface area contributed by atoms with Crippen molar-refractivity contribution >= 4 is 23.4 Å². The van der Waals surface area contributed by atoms with Crippen molar-refractivity contribution < 1.29 is 24.3 Å². The summed E-state index contributed by atoms with van der Waals surface area (Å²) in [5.74, 6) is 1.29. The van der Waals surface area contributed by atoms with Gasteiger partial charge >= 0.3 is 5.97 Å². The Morgan fingerprint density at radius 3 is 2.42 bits per heavy atom. The van der Waals surface area contributed by atoms with Crippen LogP contribution in [0.1, 0.15) is 85.5 Å². The Morgan fingerprint density at radius 1 is 1.03 bits per heavy atom. The Bertz CT molecular complexity index is 838. The van der Waals surface area contributed by atoms with E-state index in [2.05, 4.69) is 26.1 Å². The first-order valence-corrected chi connectivity index (χ1v) is 13.0. The lowest BCUT2D eigenvalue weighted by atomic mass is 9.44. The maximum absolute atomic E-state index is 13.5. The number of carbonyl (C=O) groups is 4. The third-order valence-corrected chi connectivity index (χ3v) is 10.6. The van der Waals surface area contributed by atoms with Gasteiger partial charge in [0, 0.05) is 31.1 Å². The molecule has 184 valence electrons. The molecule has 0 aromatic rings. The van der Waals surface area contributed by atoms with Crippen molar-refractivity contribution in [2.24, 2.45) is 52.3 Å². The number of hydrogen-bond acceptors (Lipinski definition) is 4. The molecule has 2 N–H and O–H groups in total. The van der Waals surface area contributed by atoms with Gasteiger partial charge in [0.2, 0.25) is 5.91 Å². The first-order chi connectivity index (χ1) is 15.5. The van der Waals surface area contributed by atoms with Gasteiger partial charge in [-0.15, -0.1) is 0 Å². The first kappa shape index (κ1) is 24.4. The second-order valence-electron chi connectivity index (χ2n) is 12.3. The van der Waals surface area contributed by atoms with Crippen molar-refractivity contribution in [1.29, 1.82) is 0 Å². The highest BCUT2D eigenvalue weighted by Crippen LogP contribution is 2.67. The zero-order valence-corrected chi connectivity index (χ0v) is 20.7. The number of fused-ring (bicyclic) bond motifs is 5. The molecule has 1 amide bonds. The predicted molar refractivity (Wildman–Crippen MR) is 124 cm³/mol. The number of carboxylic acids is 1. The van der Waals surface area contributed by atoms with Crippen molar-refractivity contribution in [2.45, 2.75) is 85.5 Å². The van der Waals surface area contributed by atoms with E-state index in [1.54, 1.807) is 0 Å². The van der Waals surface area contributed by atoms with Crippen molar-refractivity contribution in [3.8, 4) is 0 Å². The molecular formula is C27H41NO5. The van der Waals surface area contributed by atoms with E-state index in [9.17, 15) is 19.2 Å². The largest absolute Gasteiger partial charge is 0.480 e. The predicted octanol–water partition coefficient (Wildman–Crippen LogP) is 4.26. The molecule has 4 fully saturated rings. The zero-order valence-electron chi connectivity index (χ0n) is 20.7. The molecule has 0 radical (unpaired) electrons. The molecular weight excluding hydrogens is 418 g/mol. The maximum atomic E-state index is 13.5. The highest BCUT2D eigenvalue weighted by Gasteiger charge is 2.63. The van der Waals surface area contributed by atoms with Crippen LogP contribution in [0.4, 0.5) is 0 Å². The summed E-state index contributed by atoms with van der Waals surface area (Å²) < 4.78 is 0. The molecule has 4 aliphatic carbocycles. The summed E-state index contributed by atoms with van der Waals surface area (Å²) in [6.07, 6.45) is 7.90. The number of rotatable bonds is 6. The second kappa shape index (κ2) is 8.81. The average Bonchev–Trinajstić information content (AvgIpc) is 3.10. The fourth-order valence-electron chi connectivity index (χ4n) is 8.87. The molecule has 6 heteroatoms. The molecule has 0 aromatic carbocycles. The third kappa shape index (κ3) is 4.16. The quantitative estimate of drug-likeness (QED) is 0.618. The topological polar surface area (TPSA) is 101 Å². The summed E-state index contributed by atoms with van der Waals surface area (Å²) in [5.41, 5.74) is 0.232. The van der Waals surface area contributed by atoms with E-state index in [4.69, 9.17) is 5.11 Å². The SMILES string of the molecule is C[C@H](C[C@H](C)C(=O)NCC(=O)O)[C@H]1CCC2C3C(=O)CC4CC(=O)CC[C@]4(C)C3CC[C@@]21C. The Balaban J connectivity index is 1.47. The van der Waals surface area contributed by atoms with E-state index in [0.29, 0.717) is 54.5 Å². The van der Waals surface area contributed by atoms with Crippen LogP contribution < -0.4 is 5.32 Å². The number of carbonyl (C=O) groups excluding carboxylic acids is 3. The van der Waals surface area contributed by atoms with Gasteiger partial charge in [-0.1, -0.05) is 27.7 Å². The number of ketones is 2. The van der Waals surface area contributed by atoms with E-state index in [1.807, 2.05) is 6.92 Å². The van der Waals surface area contributed by atoms with Gasteiger partial charge in [-0.3, -0.25) is 19.2 Å². The summed E-state index contributed by atoms with van der Waals surface area (Å²) in [6.45, 7) is 8.54. The summed E-state index contributed by atoms with van der Waals surface area (Å²) >= 11 is 0. The van der Waals surface area contributed by atoms with Crippen LogP contribution >= 0.6 is 0 Å². The van der Waals surface area contributed by atoms with E-state index < -0.39 is 5.97 Å². The minimum absolute atomic E-state index is 0.112. The smallest absolute Gasteiger partial charge is 0.322 e. The molecule has 0 aliphatic heterocycles. The number of hydrogen-bond donors (Lipinski definition) is 2. The normalized spacial score (nSPS) is 42.0. The first-order valence-electron chi connectivity index (χ1n) is 13.0. The summed E-state index contributed by atoms with van der Waals surface area (Å²) in [6, 6.07) is 0. The molecule has 4 saturated carbocycles. The van der Waals surface area contributed by atoms with Crippen LogP contribution in [0.15, 0.2) is 0 Å². The van der Waals surface area contributed by atoms with E-state index in [0.717, 1.165) is 38.5 Å². The average molecular weight is 460 g/mol. The number of carboxylic acid groups (broad SMARTS) is 1. The number of Topliss-reactive ketones (excluding diaryl/α,β-unsaturated/α-hetero) is 2. The maximum Gasteiger partial charge on any atom is 0.322 e. The molecule has 33 heavy (non-hydrogen) atoms. The van der Waals surface area contributed by atoms with Gasteiger partial charge in [0.1, 0.15) is 18.1 Å². The van der Waals surface area contributed by atoms with Gasteiger partial charge in [0.15, 0.2) is 0 Å². The molecule has 4 unspecified atom stereocenters. The molecule has 0 spiro atoms. The fraction of sp³-hybridized carbons (Fsp3) is 0.852. The van der Waals surface area contributed by atoms with Crippen molar-refractivity contribution in [1.82, 2.24) is 5.32 Å². The van der Waals surface area contributed by atoms with Crippen LogP contribution in [0.25, 0.3) is 0 Å². The molecule has 0 bridgehead atoms. The lowest BCUT2D eigenvalue weighted by Gasteiger charge is -2.59. The van der Waals surface area contributed by atoms with Crippen LogP contribution in [0.3, 0.4) is 0 Å². The molecule has 9 atom stereocenters. The van der Waals surface area contributed by atoms with Gasteiger partial charge in [-0.25, -0.2) is 0 Å². The zero-order chi connectivity index (χ0) is 24.1. The van der Waals surface area contributed by atoms with Gasteiger partial charge in [0.05, 0.1) is 0 Å². The van der Waals surface area contributed by atoms with Crippen LogP contribution in [0.5, 0.6) is 0 Å². The molecule has 0 saturated heterocycles. The lowest BCUT2D eigenvalue weighted by Crippen LogP contribution is -2.57. The van der Waals surface area contributed by atoms with Crippen LogP contribution in [-0.4, -0.2) is 35.1 Å². The number of amides is 1. The van der Waals surface area contributed by atoms with Crippen LogP contribution in [0.2, 0.25) is 0 Å². The van der Waals surface area contributed by atoms with Gasteiger partial charge in [-0.2, -0.15) is 0 Å². The minimum Gasteiger partial charge on any atom is -0.480 e. The third-order valence-electron chi connectivity index (χ3n) is 10.6. The van der Waals surface area contributed by atoms with Crippen molar-refractivity contribution in [3.63, 3.8) is 0 Å². The summed E-state index contributed by atoms with van der Waals surface area (Å²) in [5, 5.41) is 11.3. The molecule has 0 heterocycles. The molecule has 4 aliphatic rings. The fourth-order valence-corrected chi connectivity index (χ4v) is 8.87. The van der Waals surface area contributed by atoms with E-state index in [-0.39, 0.29) is 41.0 Å². The van der Waals surface area contributed by atoms with Gasteiger partial charge in [-0.05, 0) is 78.9 Å². The molecule has 4 rings (SSSR count). The number of nitrogens with one attached hydrogen (secondary N) is 1. The van der Waals surface area contributed by atoms with Gasteiger partial charge in [0.25, 0.3) is 0 Å². The van der Waals surface area contributed by atoms with E-state index in [1.165, 1.54) is 0 Å². The Kier molecular flexibility index (Phi) is 6.52. The van der Waals surface area contributed by atoms with Crippen LogP contribution in [-0.2, 0) is 19.2 Å². The summed E-state index contributed by atoms with van der Waals surface area (Å²) in [7, 11) is 0. The number of aliphatic carboxylic acids is 1. The Labute approximate surface area is 197 Å². The Morgan fingerprint density at radius 2 is 1.73 bits per heavy atom. The van der Waals surface area contributed by atoms with E-state index >= 15 is 0 Å². The molecule has 6 nitrogen and oxygen atoms in total. The summed E-state index contributed by atoms with van der Waals surface area (Å²) in [4.78, 5) is 48.7. The second-order valence-corrected chi connectivity index (χ2v) is 12.3. The van der Waals surface area contributed by atoms with Gasteiger partial charge < -0.3 is 10.4 Å². The lowest BCUT2D eigenvalue weighted by molar-refractivity contribution is -0.159. The minimum atomic E-state index is -1.03. The highest BCUT2D eigenvalue weighted by atomic mass is 16.4. The van der Waals surface area contributed by atoms with Crippen molar-refractivity contribution in [3.05, 3.63) is 0 Å². The standard InChI is InChI=1S/C27H41NO5/c1-15(11-16(2)25(33)28-14-23(31)32)19-5-6-20-24-21(8-10-27(19,20)4)26(3)9-7-18(29)12-17(26)13-22(24)30/h15-17,19-21,24H,5-14H2,1-4H3,(H,28,33)(H,31,32)/t15-,16+,17?,19-,20?,21?,24?,26+,27-/m1/s1. The Hall–Kier alpha value is -1.72. The van der Waals surface area contributed by atoms with Crippen LogP contribution in [0, 0.1) is 52.3 Å². The monoisotopic (exact) mass is 459 g/mol. The van der Waals surface area contributed by atoms with Crippen molar-refractivity contribution in [2.75, 3.05) is 6.54 Å².